The van der Waals surface area contributed by atoms with Crippen molar-refractivity contribution in [1.82, 2.24) is 10.3 Å². The predicted molar refractivity (Wildman–Crippen MR) is 55.5 cm³/mol. The second-order valence-corrected chi connectivity index (χ2v) is 3.21. The van der Waals surface area contributed by atoms with Gasteiger partial charge in [-0.1, -0.05) is 18.2 Å². The van der Waals surface area contributed by atoms with Gasteiger partial charge < -0.3 is 4.90 Å². The van der Waals surface area contributed by atoms with Gasteiger partial charge in [0.2, 0.25) is 0 Å². The van der Waals surface area contributed by atoms with Gasteiger partial charge in [0.15, 0.2) is 0 Å². The van der Waals surface area contributed by atoms with Gasteiger partial charge in [-0.3, -0.25) is 5.43 Å². The van der Waals surface area contributed by atoms with Crippen molar-refractivity contribution in [2.75, 3.05) is 13.6 Å². The summed E-state index contributed by atoms with van der Waals surface area (Å²) in [5.41, 5.74) is 2.60. The maximum atomic E-state index is 13.2. The molecule has 0 atom stereocenters. The highest BCUT2D eigenvalue weighted by atomic mass is 19.1. The molecule has 0 saturated heterocycles. The Bertz CT molecular complexity index is 343. The van der Waals surface area contributed by atoms with Crippen molar-refractivity contribution in [3.8, 4) is 0 Å². The van der Waals surface area contributed by atoms with E-state index in [0.29, 0.717) is 18.5 Å². The zero-order valence-corrected chi connectivity index (χ0v) is 8.53. The number of urea groups is 1. The van der Waals surface area contributed by atoms with Gasteiger partial charge in [-0.2, -0.15) is 0 Å². The Morgan fingerprint density at radius 3 is 2.80 bits per heavy atom. The molecule has 15 heavy (non-hydrogen) atoms. The van der Waals surface area contributed by atoms with Gasteiger partial charge in [0, 0.05) is 13.6 Å². The van der Waals surface area contributed by atoms with Gasteiger partial charge in [-0.25, -0.2) is 15.0 Å². The molecule has 0 aromatic heterocycles. The molecule has 1 rings (SSSR count). The van der Waals surface area contributed by atoms with Gasteiger partial charge >= 0.3 is 6.03 Å². The number of nitrogens with zero attached hydrogens (tertiary/aromatic N) is 1. The Balaban J connectivity index is 2.50. The lowest BCUT2D eigenvalue weighted by Crippen LogP contribution is -2.42. The molecule has 0 fully saturated rings. The molecular formula is C10H14FN3O. The molecule has 4 nitrogen and oxygen atoms in total. The second kappa shape index (κ2) is 5.31. The van der Waals surface area contributed by atoms with Crippen LogP contribution in [0.5, 0.6) is 0 Å². The zero-order chi connectivity index (χ0) is 11.3. The van der Waals surface area contributed by atoms with Crippen LogP contribution < -0.4 is 11.3 Å². The highest BCUT2D eigenvalue weighted by Gasteiger charge is 2.07. The number of nitrogens with one attached hydrogen (secondary N) is 1. The molecule has 0 radical (unpaired) electrons. The number of likely N-dealkylation sites (N-methyl/N-ethyl adjacent to an activating group) is 1. The Morgan fingerprint density at radius 1 is 1.53 bits per heavy atom. The van der Waals surface area contributed by atoms with Gasteiger partial charge in [0.1, 0.15) is 5.82 Å². The van der Waals surface area contributed by atoms with E-state index >= 15 is 0 Å². The number of rotatable bonds is 3. The number of amides is 2. The summed E-state index contributed by atoms with van der Waals surface area (Å²) in [6.07, 6.45) is 0.469. The van der Waals surface area contributed by atoms with Crippen molar-refractivity contribution in [3.63, 3.8) is 0 Å². The first kappa shape index (κ1) is 11.5. The Kier molecular flexibility index (Phi) is 4.05. The maximum Gasteiger partial charge on any atom is 0.331 e. The number of carbonyl (C=O) groups excluding carboxylic acids is 1. The number of hydrogen-bond acceptors (Lipinski definition) is 2. The van der Waals surface area contributed by atoms with Gasteiger partial charge in [0.05, 0.1) is 0 Å². The fourth-order valence-corrected chi connectivity index (χ4v) is 1.20. The van der Waals surface area contributed by atoms with E-state index in [-0.39, 0.29) is 11.8 Å². The zero-order valence-electron chi connectivity index (χ0n) is 8.53. The molecule has 1 aromatic rings. The Labute approximate surface area is 87.8 Å². The lowest BCUT2D eigenvalue weighted by Gasteiger charge is -2.16. The van der Waals surface area contributed by atoms with Crippen molar-refractivity contribution in [2.24, 2.45) is 5.84 Å². The Hall–Kier alpha value is -1.62. The van der Waals surface area contributed by atoms with Crippen molar-refractivity contribution in [2.45, 2.75) is 6.42 Å². The standard InChI is InChI=1S/C10H14FN3O/c1-14(10(15)13-12)7-6-8-4-2-3-5-9(8)11/h2-5H,6-7,12H2,1H3,(H,13,15). The summed E-state index contributed by atoms with van der Waals surface area (Å²) in [7, 11) is 1.60. The second-order valence-electron chi connectivity index (χ2n) is 3.21. The molecule has 5 heteroatoms. The van der Waals surface area contributed by atoms with Crippen LogP contribution in [0.15, 0.2) is 24.3 Å². The van der Waals surface area contributed by atoms with Gasteiger partial charge in [-0.15, -0.1) is 0 Å². The third-order valence-corrected chi connectivity index (χ3v) is 2.14. The molecule has 2 amide bonds. The minimum atomic E-state index is -0.383. The largest absolute Gasteiger partial charge is 0.331 e. The first-order chi connectivity index (χ1) is 7.15. The summed E-state index contributed by atoms with van der Waals surface area (Å²) in [6.45, 7) is 0.421. The molecule has 1 aromatic carbocycles. The lowest BCUT2D eigenvalue weighted by molar-refractivity contribution is 0.209. The summed E-state index contributed by atoms with van der Waals surface area (Å²) >= 11 is 0. The predicted octanol–water partition coefficient (Wildman–Crippen LogP) is 0.883. The molecule has 0 spiro atoms. The minimum Gasteiger partial charge on any atom is -0.326 e. The molecule has 0 heterocycles. The first-order valence-corrected chi connectivity index (χ1v) is 4.60. The molecule has 0 unspecified atom stereocenters. The molecule has 0 aliphatic heterocycles. The number of halogens is 1. The van der Waals surface area contributed by atoms with E-state index in [4.69, 9.17) is 5.84 Å². The number of hydrazine groups is 1. The lowest BCUT2D eigenvalue weighted by atomic mass is 10.1. The van der Waals surface area contributed by atoms with Crippen LogP contribution in [0, 0.1) is 5.82 Å². The fraction of sp³-hybridized carbons (Fsp3) is 0.300. The van der Waals surface area contributed by atoms with E-state index in [1.165, 1.54) is 11.0 Å². The van der Waals surface area contributed by atoms with Crippen LogP contribution in [0.2, 0.25) is 0 Å². The summed E-state index contributed by atoms with van der Waals surface area (Å²) in [4.78, 5) is 12.4. The fourth-order valence-electron chi connectivity index (χ4n) is 1.20. The highest BCUT2D eigenvalue weighted by Crippen LogP contribution is 2.07. The number of benzene rings is 1. The molecule has 0 aliphatic carbocycles. The normalized spacial score (nSPS) is 9.80. The summed E-state index contributed by atoms with van der Waals surface area (Å²) in [5.74, 6) is 4.71. The number of hydrogen-bond donors (Lipinski definition) is 2. The van der Waals surface area contributed by atoms with Crippen LogP contribution in [0.3, 0.4) is 0 Å². The molecule has 0 bridgehead atoms. The van der Waals surface area contributed by atoms with E-state index in [9.17, 15) is 9.18 Å². The first-order valence-electron chi connectivity index (χ1n) is 4.60. The quantitative estimate of drug-likeness (QED) is 0.443. The van der Waals surface area contributed by atoms with E-state index in [1.54, 1.807) is 25.2 Å². The number of nitrogens with two attached hydrogens (primary N) is 1. The van der Waals surface area contributed by atoms with Crippen LogP contribution in [0.1, 0.15) is 5.56 Å². The average Bonchev–Trinajstić information content (AvgIpc) is 2.26. The van der Waals surface area contributed by atoms with Crippen LogP contribution in [-0.2, 0) is 6.42 Å². The number of carbonyl (C=O) groups is 1. The molecule has 82 valence electrons. The van der Waals surface area contributed by atoms with E-state index in [2.05, 4.69) is 0 Å². The molecule has 3 N–H and O–H groups in total. The third kappa shape index (κ3) is 3.21. The van der Waals surface area contributed by atoms with Crippen LogP contribution in [0.25, 0.3) is 0 Å². The monoisotopic (exact) mass is 211 g/mol. The maximum absolute atomic E-state index is 13.2. The van der Waals surface area contributed by atoms with Crippen LogP contribution >= 0.6 is 0 Å². The summed E-state index contributed by atoms with van der Waals surface area (Å²) in [6, 6.07) is 6.12. The van der Waals surface area contributed by atoms with Crippen molar-refractivity contribution < 1.29 is 9.18 Å². The van der Waals surface area contributed by atoms with E-state index in [1.807, 2.05) is 5.43 Å². The topological polar surface area (TPSA) is 58.4 Å². The Morgan fingerprint density at radius 2 is 2.20 bits per heavy atom. The van der Waals surface area contributed by atoms with E-state index < -0.39 is 0 Å². The molecular weight excluding hydrogens is 197 g/mol. The molecule has 0 saturated carbocycles. The molecule has 0 aliphatic rings. The van der Waals surface area contributed by atoms with E-state index in [0.717, 1.165) is 0 Å². The van der Waals surface area contributed by atoms with Crippen LogP contribution in [0.4, 0.5) is 9.18 Å². The minimum absolute atomic E-state index is 0.251. The third-order valence-electron chi connectivity index (χ3n) is 2.14. The van der Waals surface area contributed by atoms with Gasteiger partial charge in [0.25, 0.3) is 0 Å². The summed E-state index contributed by atoms with van der Waals surface area (Å²) < 4.78 is 13.2. The highest BCUT2D eigenvalue weighted by molar-refractivity contribution is 5.73. The van der Waals surface area contributed by atoms with Crippen molar-refractivity contribution >= 4 is 6.03 Å². The van der Waals surface area contributed by atoms with Gasteiger partial charge in [-0.05, 0) is 18.1 Å². The smallest absolute Gasteiger partial charge is 0.326 e. The SMILES string of the molecule is CN(CCc1ccccc1F)C(=O)NN. The van der Waals surface area contributed by atoms with Crippen LogP contribution in [-0.4, -0.2) is 24.5 Å². The average molecular weight is 211 g/mol. The van der Waals surface area contributed by atoms with Crippen molar-refractivity contribution in [1.29, 1.82) is 0 Å². The van der Waals surface area contributed by atoms with Crippen molar-refractivity contribution in [3.05, 3.63) is 35.6 Å². The summed E-state index contributed by atoms with van der Waals surface area (Å²) in [5, 5.41) is 0.